The first-order valence-corrected chi connectivity index (χ1v) is 8.01. The second kappa shape index (κ2) is 6.29. The van der Waals surface area contributed by atoms with E-state index in [1.807, 2.05) is 6.20 Å². The van der Waals surface area contributed by atoms with Gasteiger partial charge in [-0.15, -0.1) is 0 Å². The molecule has 0 unspecified atom stereocenters. The Morgan fingerprint density at radius 1 is 1.29 bits per heavy atom. The summed E-state index contributed by atoms with van der Waals surface area (Å²) in [6.07, 6.45) is 7.89. The van der Waals surface area contributed by atoms with Crippen molar-refractivity contribution in [1.82, 2.24) is 14.5 Å². The molecular weight excluding hydrogens is 260 g/mol. The highest BCUT2D eigenvalue weighted by atomic mass is 15.1. The van der Waals surface area contributed by atoms with Crippen LogP contribution in [0.4, 0.5) is 5.82 Å². The van der Waals surface area contributed by atoms with Crippen LogP contribution in [0.2, 0.25) is 0 Å². The monoisotopic (exact) mass is 284 g/mol. The van der Waals surface area contributed by atoms with Gasteiger partial charge in [-0.3, -0.25) is 0 Å². The normalized spacial score (nSPS) is 14.0. The maximum absolute atomic E-state index is 4.75. The highest BCUT2D eigenvalue weighted by Crippen LogP contribution is 2.23. The number of fused-ring (bicyclic) bond motifs is 1. The number of hydrogen-bond acceptors (Lipinski definition) is 3. The summed E-state index contributed by atoms with van der Waals surface area (Å²) in [6, 6.07) is 4.26. The molecule has 2 aromatic heterocycles. The number of hydrogen-bond donors (Lipinski definition) is 1. The maximum atomic E-state index is 4.75. The van der Waals surface area contributed by atoms with Crippen molar-refractivity contribution in [2.45, 2.75) is 52.5 Å². The Balaban J connectivity index is 1.82. The van der Waals surface area contributed by atoms with Gasteiger partial charge in [0.05, 0.1) is 5.69 Å². The Morgan fingerprint density at radius 3 is 3.00 bits per heavy atom. The van der Waals surface area contributed by atoms with E-state index in [1.54, 1.807) is 0 Å². The van der Waals surface area contributed by atoms with E-state index in [2.05, 4.69) is 40.8 Å². The molecule has 0 bridgehead atoms. The maximum Gasteiger partial charge on any atom is 0.126 e. The molecule has 0 saturated carbocycles. The van der Waals surface area contributed by atoms with Crippen molar-refractivity contribution in [3.8, 4) is 0 Å². The molecule has 0 spiro atoms. The lowest BCUT2D eigenvalue weighted by Gasteiger charge is -2.15. The first-order chi connectivity index (χ1) is 10.3. The molecule has 21 heavy (non-hydrogen) atoms. The summed E-state index contributed by atoms with van der Waals surface area (Å²) < 4.78 is 2.38. The molecule has 4 nitrogen and oxygen atoms in total. The Labute approximate surface area is 126 Å². The summed E-state index contributed by atoms with van der Waals surface area (Å²) >= 11 is 0. The number of aromatic nitrogens is 3. The lowest BCUT2D eigenvalue weighted by molar-refractivity contribution is 0.624. The van der Waals surface area contributed by atoms with Gasteiger partial charge in [-0.1, -0.05) is 6.92 Å². The van der Waals surface area contributed by atoms with Gasteiger partial charge in [-0.05, 0) is 56.7 Å². The van der Waals surface area contributed by atoms with Crippen LogP contribution < -0.4 is 5.32 Å². The Bertz CT molecular complexity index is 615. The third kappa shape index (κ3) is 3.09. The Kier molecular flexibility index (Phi) is 4.23. The van der Waals surface area contributed by atoms with Crippen molar-refractivity contribution < 1.29 is 0 Å². The Morgan fingerprint density at radius 2 is 2.14 bits per heavy atom. The van der Waals surface area contributed by atoms with Crippen molar-refractivity contribution >= 4 is 5.82 Å². The number of nitrogens with zero attached hydrogens (tertiary/aromatic N) is 3. The van der Waals surface area contributed by atoms with Gasteiger partial charge >= 0.3 is 0 Å². The molecule has 0 amide bonds. The molecule has 1 aliphatic rings. The van der Waals surface area contributed by atoms with E-state index >= 15 is 0 Å². The molecule has 4 heteroatoms. The van der Waals surface area contributed by atoms with Gasteiger partial charge in [0, 0.05) is 25.0 Å². The summed E-state index contributed by atoms with van der Waals surface area (Å²) in [7, 11) is 0. The minimum absolute atomic E-state index is 0.900. The van der Waals surface area contributed by atoms with Gasteiger partial charge in [0.25, 0.3) is 0 Å². The first-order valence-electron chi connectivity index (χ1n) is 8.01. The fourth-order valence-corrected chi connectivity index (χ4v) is 3.05. The predicted octanol–water partition coefficient (Wildman–Crippen LogP) is 3.34. The van der Waals surface area contributed by atoms with Crippen molar-refractivity contribution in [2.24, 2.45) is 0 Å². The second-order valence-corrected chi connectivity index (χ2v) is 5.82. The minimum atomic E-state index is 0.900. The van der Waals surface area contributed by atoms with E-state index in [0.29, 0.717) is 0 Å². The molecule has 0 radical (unpaired) electrons. The minimum Gasteiger partial charge on any atom is -0.370 e. The van der Waals surface area contributed by atoms with Crippen LogP contribution in [0.1, 0.15) is 49.0 Å². The van der Waals surface area contributed by atoms with Crippen LogP contribution >= 0.6 is 0 Å². The zero-order valence-corrected chi connectivity index (χ0v) is 13.0. The fraction of sp³-hybridized carbons (Fsp3) is 0.529. The van der Waals surface area contributed by atoms with E-state index in [1.165, 1.54) is 36.2 Å². The fourth-order valence-electron chi connectivity index (χ4n) is 3.05. The van der Waals surface area contributed by atoms with Gasteiger partial charge in [0.1, 0.15) is 11.6 Å². The molecule has 3 rings (SSSR count). The predicted molar refractivity (Wildman–Crippen MR) is 85.7 cm³/mol. The quantitative estimate of drug-likeness (QED) is 0.915. The number of anilines is 1. The molecule has 0 fully saturated rings. The van der Waals surface area contributed by atoms with Crippen molar-refractivity contribution in [3.63, 3.8) is 0 Å². The lowest BCUT2D eigenvalue weighted by Crippen LogP contribution is -2.11. The third-order valence-electron chi connectivity index (χ3n) is 4.14. The summed E-state index contributed by atoms with van der Waals surface area (Å²) in [5.74, 6) is 2.11. The molecule has 112 valence electrons. The summed E-state index contributed by atoms with van der Waals surface area (Å²) in [5.41, 5.74) is 4.05. The van der Waals surface area contributed by atoms with E-state index < -0.39 is 0 Å². The molecular formula is C17H24N4. The van der Waals surface area contributed by atoms with Crippen LogP contribution in [0.25, 0.3) is 0 Å². The molecule has 0 saturated heterocycles. The highest BCUT2D eigenvalue weighted by molar-refractivity contribution is 5.37. The highest BCUT2D eigenvalue weighted by Gasteiger charge is 2.18. The van der Waals surface area contributed by atoms with Crippen molar-refractivity contribution in [1.29, 1.82) is 0 Å². The summed E-state index contributed by atoms with van der Waals surface area (Å²) in [4.78, 5) is 9.13. The van der Waals surface area contributed by atoms with Gasteiger partial charge < -0.3 is 9.88 Å². The van der Waals surface area contributed by atoms with Crippen LogP contribution in [-0.2, 0) is 19.4 Å². The molecule has 0 atom stereocenters. The molecule has 0 aliphatic heterocycles. The number of pyridine rings is 1. The molecule has 2 heterocycles. The average molecular weight is 284 g/mol. The lowest BCUT2D eigenvalue weighted by atomic mass is 10.0. The standard InChI is InChI=1S/C17H24N4/c1-3-9-18-17-11-14(8-10-19-17)12-21-13(2)20-15-6-4-5-7-16(15)21/h8,10-11H,3-7,9,12H2,1-2H3,(H,18,19). The smallest absolute Gasteiger partial charge is 0.126 e. The first kappa shape index (κ1) is 14.1. The Hall–Kier alpha value is -1.84. The van der Waals surface area contributed by atoms with E-state index in [-0.39, 0.29) is 0 Å². The average Bonchev–Trinajstić information content (AvgIpc) is 2.82. The van der Waals surface area contributed by atoms with Crippen LogP contribution in [0, 0.1) is 6.92 Å². The van der Waals surface area contributed by atoms with Gasteiger partial charge in [-0.2, -0.15) is 0 Å². The van der Waals surface area contributed by atoms with E-state index in [0.717, 1.165) is 37.6 Å². The number of rotatable bonds is 5. The second-order valence-electron chi connectivity index (χ2n) is 5.82. The molecule has 0 aromatic carbocycles. The van der Waals surface area contributed by atoms with E-state index in [9.17, 15) is 0 Å². The van der Waals surface area contributed by atoms with Gasteiger partial charge in [-0.25, -0.2) is 9.97 Å². The van der Waals surface area contributed by atoms with Gasteiger partial charge in [0.15, 0.2) is 0 Å². The summed E-state index contributed by atoms with van der Waals surface area (Å²) in [6.45, 7) is 6.15. The number of aryl methyl sites for hydroxylation is 2. The van der Waals surface area contributed by atoms with Crippen LogP contribution in [0.3, 0.4) is 0 Å². The van der Waals surface area contributed by atoms with E-state index in [4.69, 9.17) is 4.98 Å². The van der Waals surface area contributed by atoms with Gasteiger partial charge in [0.2, 0.25) is 0 Å². The van der Waals surface area contributed by atoms with Crippen LogP contribution in [-0.4, -0.2) is 21.1 Å². The molecule has 1 N–H and O–H groups in total. The van der Waals surface area contributed by atoms with Crippen LogP contribution in [0.5, 0.6) is 0 Å². The number of imidazole rings is 1. The zero-order chi connectivity index (χ0) is 14.7. The topological polar surface area (TPSA) is 42.7 Å². The van der Waals surface area contributed by atoms with Crippen molar-refractivity contribution in [3.05, 3.63) is 41.1 Å². The zero-order valence-electron chi connectivity index (χ0n) is 13.0. The SMILES string of the molecule is CCCNc1cc(Cn2c(C)nc3c2CCCC3)ccn1. The molecule has 1 aliphatic carbocycles. The molecule has 2 aromatic rings. The van der Waals surface area contributed by atoms with Crippen molar-refractivity contribution in [2.75, 3.05) is 11.9 Å². The largest absolute Gasteiger partial charge is 0.370 e. The number of nitrogens with one attached hydrogen (secondary N) is 1. The third-order valence-corrected chi connectivity index (χ3v) is 4.14. The summed E-state index contributed by atoms with van der Waals surface area (Å²) in [5, 5.41) is 3.36. The van der Waals surface area contributed by atoms with Crippen LogP contribution in [0.15, 0.2) is 18.3 Å².